The van der Waals surface area contributed by atoms with Crippen LogP contribution in [0.3, 0.4) is 0 Å². The van der Waals surface area contributed by atoms with Gasteiger partial charge in [-0.15, -0.1) is 0 Å². The number of nitrogens with one attached hydrogen (secondary N) is 2. The lowest BCUT2D eigenvalue weighted by atomic mass is 10.1. The lowest BCUT2D eigenvalue weighted by Gasteiger charge is -2.09. The second-order valence-corrected chi connectivity index (χ2v) is 7.13. The zero-order valence-corrected chi connectivity index (χ0v) is 18.0. The first-order chi connectivity index (χ1) is 15.4. The number of carbonyl (C=O) groups excluding carboxylic acids is 3. The predicted molar refractivity (Wildman–Crippen MR) is 122 cm³/mol. The molecular formula is C24H21ClN2O5. The van der Waals surface area contributed by atoms with Gasteiger partial charge in [0.15, 0.2) is 0 Å². The zero-order valence-electron chi connectivity index (χ0n) is 17.3. The molecule has 3 rings (SSSR count). The van der Waals surface area contributed by atoms with Gasteiger partial charge in [-0.3, -0.25) is 9.59 Å². The van der Waals surface area contributed by atoms with Crippen LogP contribution >= 0.6 is 11.6 Å². The summed E-state index contributed by atoms with van der Waals surface area (Å²) in [5.74, 6) is -0.208. The largest absolute Gasteiger partial charge is 0.513 e. The summed E-state index contributed by atoms with van der Waals surface area (Å²) in [4.78, 5) is 35.9. The van der Waals surface area contributed by atoms with Crippen molar-refractivity contribution in [3.8, 4) is 5.75 Å². The first kappa shape index (κ1) is 22.8. The molecule has 7 nitrogen and oxygen atoms in total. The van der Waals surface area contributed by atoms with Crippen molar-refractivity contribution in [1.29, 1.82) is 0 Å². The summed E-state index contributed by atoms with van der Waals surface area (Å²) in [6.45, 7) is 1.89. The van der Waals surface area contributed by atoms with E-state index in [1.54, 1.807) is 55.5 Å². The van der Waals surface area contributed by atoms with Gasteiger partial charge in [-0.05, 0) is 73.2 Å². The molecule has 8 heteroatoms. The van der Waals surface area contributed by atoms with E-state index in [4.69, 9.17) is 21.1 Å². The standard InChI is InChI=1S/C24H21ClN2O5/c1-2-31-24(30)32-21-13-5-17(6-14-21)23(29)27-20-11-9-19(10-12-20)26-22(28)15-16-3-7-18(25)8-4-16/h3-14H,2,15H2,1H3,(H,26,28)(H,27,29). The number of benzene rings is 3. The number of halogens is 1. The molecule has 0 bridgehead atoms. The second kappa shape index (κ2) is 11.0. The van der Waals surface area contributed by atoms with Crippen molar-refractivity contribution in [2.24, 2.45) is 0 Å². The van der Waals surface area contributed by atoms with Gasteiger partial charge in [-0.2, -0.15) is 0 Å². The average Bonchev–Trinajstić information content (AvgIpc) is 2.77. The minimum Gasteiger partial charge on any atom is -0.434 e. The number of anilines is 2. The van der Waals surface area contributed by atoms with Crippen LogP contribution in [0.25, 0.3) is 0 Å². The first-order valence-corrected chi connectivity index (χ1v) is 10.2. The van der Waals surface area contributed by atoms with E-state index >= 15 is 0 Å². The van der Waals surface area contributed by atoms with Gasteiger partial charge in [0.05, 0.1) is 13.0 Å². The molecule has 0 aromatic heterocycles. The summed E-state index contributed by atoms with van der Waals surface area (Å²) in [6, 6.07) is 19.9. The van der Waals surface area contributed by atoms with E-state index in [2.05, 4.69) is 10.6 Å². The Bertz CT molecular complexity index is 1080. The SMILES string of the molecule is CCOC(=O)Oc1ccc(C(=O)Nc2ccc(NC(=O)Cc3ccc(Cl)cc3)cc2)cc1. The van der Waals surface area contributed by atoms with Crippen LogP contribution in [0.15, 0.2) is 72.8 Å². The molecule has 0 saturated carbocycles. The molecule has 0 radical (unpaired) electrons. The van der Waals surface area contributed by atoms with Gasteiger partial charge in [0, 0.05) is 22.0 Å². The van der Waals surface area contributed by atoms with Crippen LogP contribution in [-0.2, 0) is 16.0 Å². The number of hydrogen-bond acceptors (Lipinski definition) is 5. The Balaban J connectivity index is 1.52. The average molecular weight is 453 g/mol. The molecule has 0 aliphatic heterocycles. The molecule has 2 N–H and O–H groups in total. The maximum atomic E-state index is 12.4. The van der Waals surface area contributed by atoms with Gasteiger partial charge in [0.1, 0.15) is 5.75 Å². The van der Waals surface area contributed by atoms with Crippen LogP contribution < -0.4 is 15.4 Å². The van der Waals surface area contributed by atoms with Gasteiger partial charge in [0.2, 0.25) is 5.91 Å². The summed E-state index contributed by atoms with van der Waals surface area (Å²) in [5, 5.41) is 6.20. The molecule has 32 heavy (non-hydrogen) atoms. The van der Waals surface area contributed by atoms with Crippen LogP contribution in [0, 0.1) is 0 Å². The van der Waals surface area contributed by atoms with Crippen molar-refractivity contribution in [1.82, 2.24) is 0 Å². The van der Waals surface area contributed by atoms with E-state index in [0.717, 1.165) is 5.56 Å². The topological polar surface area (TPSA) is 93.7 Å². The highest BCUT2D eigenvalue weighted by Crippen LogP contribution is 2.17. The number of carbonyl (C=O) groups is 3. The Morgan fingerprint density at radius 1 is 0.812 bits per heavy atom. The minimum absolute atomic E-state index is 0.158. The molecule has 3 aromatic carbocycles. The fourth-order valence-electron chi connectivity index (χ4n) is 2.75. The summed E-state index contributed by atoms with van der Waals surface area (Å²) >= 11 is 5.85. The van der Waals surface area contributed by atoms with Crippen LogP contribution in [0.5, 0.6) is 5.75 Å². The molecule has 0 aliphatic carbocycles. The maximum Gasteiger partial charge on any atom is 0.513 e. The number of amides is 2. The van der Waals surface area contributed by atoms with Crippen LogP contribution in [0.4, 0.5) is 16.2 Å². The van der Waals surface area contributed by atoms with Crippen molar-refractivity contribution >= 4 is 40.9 Å². The molecular weight excluding hydrogens is 432 g/mol. The number of rotatable bonds is 7. The summed E-state index contributed by atoms with van der Waals surface area (Å²) < 4.78 is 9.66. The van der Waals surface area contributed by atoms with Crippen LogP contribution in [0.1, 0.15) is 22.8 Å². The zero-order chi connectivity index (χ0) is 22.9. The minimum atomic E-state index is -0.801. The predicted octanol–water partition coefficient (Wildman–Crippen LogP) is 5.31. The van der Waals surface area contributed by atoms with Crippen LogP contribution in [-0.4, -0.2) is 24.6 Å². The quantitative estimate of drug-likeness (QED) is 0.374. The molecule has 0 aliphatic rings. The molecule has 164 valence electrons. The maximum absolute atomic E-state index is 12.4. The van der Waals surface area contributed by atoms with E-state index in [1.807, 2.05) is 0 Å². The van der Waals surface area contributed by atoms with E-state index in [0.29, 0.717) is 22.0 Å². The molecule has 0 unspecified atom stereocenters. The van der Waals surface area contributed by atoms with Gasteiger partial charge < -0.3 is 20.1 Å². The van der Waals surface area contributed by atoms with Crippen molar-refractivity contribution in [2.45, 2.75) is 13.3 Å². The molecule has 0 spiro atoms. The Labute approximate surface area is 190 Å². The van der Waals surface area contributed by atoms with Crippen molar-refractivity contribution in [3.63, 3.8) is 0 Å². The lowest BCUT2D eigenvalue weighted by molar-refractivity contribution is -0.115. The Morgan fingerprint density at radius 3 is 2.00 bits per heavy atom. The highest BCUT2D eigenvalue weighted by atomic mass is 35.5. The molecule has 2 amide bonds. The van der Waals surface area contributed by atoms with E-state index in [1.165, 1.54) is 24.3 Å². The van der Waals surface area contributed by atoms with Gasteiger partial charge >= 0.3 is 6.16 Å². The third-order valence-corrected chi connectivity index (χ3v) is 4.54. The van der Waals surface area contributed by atoms with Gasteiger partial charge in [-0.25, -0.2) is 4.79 Å². The Morgan fingerprint density at radius 2 is 1.41 bits per heavy atom. The van der Waals surface area contributed by atoms with Gasteiger partial charge in [-0.1, -0.05) is 23.7 Å². The summed E-state index contributed by atoms with van der Waals surface area (Å²) in [7, 11) is 0. The first-order valence-electron chi connectivity index (χ1n) is 9.83. The van der Waals surface area contributed by atoms with Gasteiger partial charge in [0.25, 0.3) is 5.91 Å². The van der Waals surface area contributed by atoms with E-state index in [-0.39, 0.29) is 30.6 Å². The molecule has 0 fully saturated rings. The monoisotopic (exact) mass is 452 g/mol. The Kier molecular flexibility index (Phi) is 7.83. The fraction of sp³-hybridized carbons (Fsp3) is 0.125. The molecule has 0 saturated heterocycles. The smallest absolute Gasteiger partial charge is 0.434 e. The Hall–Kier alpha value is -3.84. The van der Waals surface area contributed by atoms with Crippen molar-refractivity contribution in [2.75, 3.05) is 17.2 Å². The van der Waals surface area contributed by atoms with Crippen molar-refractivity contribution in [3.05, 3.63) is 88.9 Å². The van der Waals surface area contributed by atoms with E-state index in [9.17, 15) is 14.4 Å². The molecule has 0 atom stereocenters. The molecule has 0 heterocycles. The number of ether oxygens (including phenoxy) is 2. The highest BCUT2D eigenvalue weighted by Gasteiger charge is 2.09. The highest BCUT2D eigenvalue weighted by molar-refractivity contribution is 6.30. The number of hydrogen-bond donors (Lipinski definition) is 2. The summed E-state index contributed by atoms with van der Waals surface area (Å²) in [6.07, 6.45) is -0.573. The fourth-order valence-corrected chi connectivity index (χ4v) is 2.88. The van der Waals surface area contributed by atoms with E-state index < -0.39 is 6.16 Å². The summed E-state index contributed by atoms with van der Waals surface area (Å²) in [5.41, 5.74) is 2.43. The second-order valence-electron chi connectivity index (χ2n) is 6.69. The molecule has 3 aromatic rings. The van der Waals surface area contributed by atoms with Crippen LogP contribution in [0.2, 0.25) is 5.02 Å². The third-order valence-electron chi connectivity index (χ3n) is 4.28. The van der Waals surface area contributed by atoms with Crippen molar-refractivity contribution < 1.29 is 23.9 Å². The third kappa shape index (κ3) is 6.85. The lowest BCUT2D eigenvalue weighted by Crippen LogP contribution is -2.15. The normalized spacial score (nSPS) is 10.2.